The Hall–Kier alpha value is -1.32. The molecule has 1 aromatic rings. The molecule has 1 aromatic carbocycles. The van der Waals surface area contributed by atoms with Crippen LogP contribution in [0.1, 0.15) is 11.1 Å². The second-order valence-corrected chi connectivity index (χ2v) is 7.27. The first-order valence-electron chi connectivity index (χ1n) is 4.77. The zero-order valence-electron chi connectivity index (χ0n) is 9.80. The maximum atomic E-state index is 11.0. The van der Waals surface area contributed by atoms with Crippen LogP contribution >= 0.6 is 0 Å². The van der Waals surface area contributed by atoms with E-state index in [0.717, 1.165) is 6.26 Å². The number of nitrogens with one attached hydrogen (secondary N) is 2. The molecule has 0 fully saturated rings. The molecule has 0 bridgehead atoms. The standard InChI is InChI=1S/C9H14N2O5S2/c1-6-3-8(11-17(2,13)14)9(12)4-7(6)5-18(10,15)16/h3-4,11-12H,5H2,1-2H3,(H2,10,15,16). The maximum Gasteiger partial charge on any atom is 0.229 e. The molecule has 0 heterocycles. The number of phenolic OH excluding ortho intramolecular Hbond substituents is 1. The molecule has 1 unspecified atom stereocenters. The number of rotatable bonds is 4. The van der Waals surface area contributed by atoms with Gasteiger partial charge in [-0.15, -0.1) is 0 Å². The Labute approximate surface area is 106 Å². The Morgan fingerprint density at radius 2 is 1.89 bits per heavy atom. The number of phenols is 1. The van der Waals surface area contributed by atoms with Crippen molar-refractivity contribution in [2.45, 2.75) is 12.7 Å². The fourth-order valence-corrected chi connectivity index (χ4v) is 2.68. The fourth-order valence-electron chi connectivity index (χ4n) is 1.39. The van der Waals surface area contributed by atoms with E-state index >= 15 is 0 Å². The number of aromatic hydroxyl groups is 1. The van der Waals surface area contributed by atoms with Gasteiger partial charge in [-0.1, -0.05) is 0 Å². The van der Waals surface area contributed by atoms with Gasteiger partial charge in [0.1, 0.15) is 5.75 Å². The SMILES string of the molecule is Cc1cc(NS(C)(=O)=O)c(O)cc1CS(=N)(=O)O. The summed E-state index contributed by atoms with van der Waals surface area (Å²) in [7, 11) is -7.23. The Morgan fingerprint density at radius 1 is 1.33 bits per heavy atom. The third kappa shape index (κ3) is 4.51. The molecule has 9 heteroatoms. The quantitative estimate of drug-likeness (QED) is 0.618. The molecule has 18 heavy (non-hydrogen) atoms. The third-order valence-corrected chi connectivity index (χ3v) is 3.39. The van der Waals surface area contributed by atoms with Crippen molar-refractivity contribution < 1.29 is 22.3 Å². The molecule has 7 nitrogen and oxygen atoms in total. The van der Waals surface area contributed by atoms with Crippen LogP contribution in [0.15, 0.2) is 12.1 Å². The highest BCUT2D eigenvalue weighted by atomic mass is 32.2. The first-order valence-corrected chi connectivity index (χ1v) is 8.35. The van der Waals surface area contributed by atoms with E-state index < -0.39 is 25.8 Å². The molecule has 0 radical (unpaired) electrons. The van der Waals surface area contributed by atoms with E-state index in [9.17, 15) is 17.7 Å². The zero-order chi connectivity index (χ0) is 14.1. The first-order chi connectivity index (χ1) is 7.98. The van der Waals surface area contributed by atoms with E-state index in [4.69, 9.17) is 9.33 Å². The Kier molecular flexibility index (Phi) is 3.89. The van der Waals surface area contributed by atoms with Gasteiger partial charge in [0, 0.05) is 0 Å². The second-order valence-electron chi connectivity index (χ2n) is 3.95. The molecule has 0 spiro atoms. The summed E-state index contributed by atoms with van der Waals surface area (Å²) in [5.41, 5.74) is 0.815. The van der Waals surface area contributed by atoms with Gasteiger partial charge >= 0.3 is 0 Å². The van der Waals surface area contributed by atoms with E-state index in [1.807, 2.05) is 0 Å². The molecule has 0 saturated heterocycles. The molecule has 0 aromatic heterocycles. The lowest BCUT2D eigenvalue weighted by Crippen LogP contribution is -2.10. The molecular formula is C9H14N2O5S2. The highest BCUT2D eigenvalue weighted by Crippen LogP contribution is 2.28. The van der Waals surface area contributed by atoms with E-state index in [0.29, 0.717) is 11.1 Å². The Morgan fingerprint density at radius 3 is 2.33 bits per heavy atom. The van der Waals surface area contributed by atoms with Crippen LogP contribution in [-0.2, 0) is 25.8 Å². The van der Waals surface area contributed by atoms with Gasteiger partial charge < -0.3 is 9.66 Å². The van der Waals surface area contributed by atoms with Gasteiger partial charge in [0.15, 0.2) is 10.0 Å². The van der Waals surface area contributed by atoms with Crippen molar-refractivity contribution >= 4 is 25.7 Å². The van der Waals surface area contributed by atoms with Gasteiger partial charge in [0.25, 0.3) is 0 Å². The number of anilines is 1. The van der Waals surface area contributed by atoms with Gasteiger partial charge in [-0.2, -0.15) is 0 Å². The van der Waals surface area contributed by atoms with Crippen LogP contribution in [0.5, 0.6) is 5.75 Å². The summed E-state index contributed by atoms with van der Waals surface area (Å²) in [6.07, 6.45) is 0.944. The topological polar surface area (TPSA) is 128 Å². The molecule has 1 rings (SSSR count). The molecule has 0 aliphatic heterocycles. The lowest BCUT2D eigenvalue weighted by Gasteiger charge is -2.11. The smallest absolute Gasteiger partial charge is 0.229 e. The van der Waals surface area contributed by atoms with E-state index in [1.165, 1.54) is 12.1 Å². The van der Waals surface area contributed by atoms with Crippen molar-refractivity contribution in [2.24, 2.45) is 0 Å². The van der Waals surface area contributed by atoms with Crippen LogP contribution in [0, 0.1) is 11.7 Å². The van der Waals surface area contributed by atoms with Gasteiger partial charge in [-0.05, 0) is 30.2 Å². The number of sulfonamides is 1. The van der Waals surface area contributed by atoms with Gasteiger partial charge in [-0.3, -0.25) is 4.72 Å². The largest absolute Gasteiger partial charge is 0.506 e. The minimum Gasteiger partial charge on any atom is -0.506 e. The van der Waals surface area contributed by atoms with Crippen molar-refractivity contribution in [3.05, 3.63) is 23.3 Å². The first kappa shape index (κ1) is 14.7. The van der Waals surface area contributed by atoms with Crippen molar-refractivity contribution in [3.63, 3.8) is 0 Å². The highest BCUT2D eigenvalue weighted by Gasteiger charge is 2.12. The van der Waals surface area contributed by atoms with Crippen molar-refractivity contribution in [3.8, 4) is 5.75 Å². The zero-order valence-corrected chi connectivity index (χ0v) is 11.4. The summed E-state index contributed by atoms with van der Waals surface area (Å²) in [4.78, 5) is 0. The summed E-state index contributed by atoms with van der Waals surface area (Å²) < 4.78 is 51.0. The summed E-state index contributed by atoms with van der Waals surface area (Å²) in [6.45, 7) is 1.59. The number of hydrogen-bond acceptors (Lipinski definition) is 5. The molecule has 4 N–H and O–H groups in total. The van der Waals surface area contributed by atoms with Crippen molar-refractivity contribution in [1.29, 1.82) is 4.78 Å². The van der Waals surface area contributed by atoms with Crippen LogP contribution in [-0.4, -0.2) is 28.5 Å². The lowest BCUT2D eigenvalue weighted by molar-refractivity contribution is 0.477. The maximum absolute atomic E-state index is 11.0. The fraction of sp³-hybridized carbons (Fsp3) is 0.333. The predicted molar refractivity (Wildman–Crippen MR) is 68.5 cm³/mol. The van der Waals surface area contributed by atoms with Gasteiger partial charge in [-0.25, -0.2) is 17.4 Å². The van der Waals surface area contributed by atoms with Crippen LogP contribution in [0.3, 0.4) is 0 Å². The molecule has 1 atom stereocenters. The lowest BCUT2D eigenvalue weighted by atomic mass is 10.1. The monoisotopic (exact) mass is 294 g/mol. The summed E-state index contributed by atoms with van der Waals surface area (Å²) in [5.74, 6) is -0.782. The normalized spacial score (nSPS) is 15.1. The van der Waals surface area contributed by atoms with Crippen LogP contribution in [0.4, 0.5) is 5.69 Å². The summed E-state index contributed by atoms with van der Waals surface area (Å²) >= 11 is 0. The molecular weight excluding hydrogens is 280 g/mol. The summed E-state index contributed by atoms with van der Waals surface area (Å²) in [6, 6.07) is 2.52. The minimum atomic E-state index is -3.71. The second kappa shape index (κ2) is 4.75. The van der Waals surface area contributed by atoms with E-state index in [2.05, 4.69) is 4.72 Å². The number of hydrogen-bond donors (Lipinski definition) is 4. The minimum absolute atomic E-state index is 0.00632. The molecule has 0 aliphatic rings. The van der Waals surface area contributed by atoms with E-state index in [1.54, 1.807) is 6.92 Å². The highest BCUT2D eigenvalue weighted by molar-refractivity contribution is 7.92. The average molecular weight is 294 g/mol. The molecule has 0 aliphatic carbocycles. The van der Waals surface area contributed by atoms with Gasteiger partial charge in [0.05, 0.1) is 17.7 Å². The molecule has 102 valence electrons. The average Bonchev–Trinajstić information content (AvgIpc) is 2.08. The third-order valence-electron chi connectivity index (χ3n) is 2.10. The molecule has 0 amide bonds. The van der Waals surface area contributed by atoms with Crippen molar-refractivity contribution in [2.75, 3.05) is 11.0 Å². The van der Waals surface area contributed by atoms with Gasteiger partial charge in [0.2, 0.25) is 10.0 Å². The Balaban J connectivity index is 3.20. The predicted octanol–water partition coefficient (Wildman–Crippen LogP) is 1.09. The van der Waals surface area contributed by atoms with Crippen LogP contribution in [0.2, 0.25) is 0 Å². The number of benzene rings is 1. The van der Waals surface area contributed by atoms with Crippen molar-refractivity contribution in [1.82, 2.24) is 0 Å². The van der Waals surface area contributed by atoms with Crippen LogP contribution < -0.4 is 4.72 Å². The Bertz CT molecular complexity index is 605. The van der Waals surface area contributed by atoms with Crippen LogP contribution in [0.25, 0.3) is 0 Å². The number of aryl methyl sites for hydroxylation is 1. The van der Waals surface area contributed by atoms with E-state index in [-0.39, 0.29) is 11.4 Å². The molecule has 0 saturated carbocycles. The summed E-state index contributed by atoms with van der Waals surface area (Å²) in [5, 5.41) is 9.61.